The maximum absolute atomic E-state index is 13.2. The summed E-state index contributed by atoms with van der Waals surface area (Å²) in [5.41, 5.74) is 7.64. The number of hydrogen-bond donors (Lipinski definition) is 2. The van der Waals surface area contributed by atoms with Crippen LogP contribution in [-0.2, 0) is 11.2 Å². The number of aromatic nitrogens is 1. The van der Waals surface area contributed by atoms with Gasteiger partial charge in [-0.3, -0.25) is 9.59 Å². The van der Waals surface area contributed by atoms with Crippen molar-refractivity contribution >= 4 is 17.5 Å². The smallest absolute Gasteiger partial charge is 0.268 e. The van der Waals surface area contributed by atoms with E-state index < -0.39 is 11.5 Å². The van der Waals surface area contributed by atoms with Crippen LogP contribution in [0.2, 0.25) is 0 Å². The molecule has 0 fully saturated rings. The second kappa shape index (κ2) is 8.22. The van der Waals surface area contributed by atoms with Crippen LogP contribution in [-0.4, -0.2) is 36.6 Å². The molecular weight excluding hydrogens is 410 g/mol. The maximum atomic E-state index is 13.2. The Hall–Kier alpha value is -4.07. The van der Waals surface area contributed by atoms with E-state index in [1.807, 2.05) is 12.1 Å². The van der Waals surface area contributed by atoms with E-state index in [-0.39, 0.29) is 5.91 Å². The maximum Gasteiger partial charge on any atom is 0.268 e. The molecule has 164 valence electrons. The van der Waals surface area contributed by atoms with Crippen LogP contribution in [0.4, 0.5) is 5.69 Å². The van der Waals surface area contributed by atoms with Crippen molar-refractivity contribution < 1.29 is 23.8 Å². The van der Waals surface area contributed by atoms with E-state index in [1.54, 1.807) is 56.6 Å². The lowest BCUT2D eigenvalue weighted by Gasteiger charge is -2.22. The lowest BCUT2D eigenvalue weighted by molar-refractivity contribution is -0.128. The number of ether oxygens (including phenoxy) is 3. The number of nitrogens with one attached hydrogen (secondary N) is 1. The molecule has 1 aromatic heterocycles. The van der Waals surface area contributed by atoms with Crippen LogP contribution in [0, 0.1) is 0 Å². The standard InChI is InChI=1S/C24H23N3O5/c1-24(23(29)27-16-7-8-19(30-2)20(12-16)31-3)13-18-17(9-10-26-22(18)32-24)14-5-4-6-15(11-14)21(25)28/h4-12H,13H2,1-3H3,(H2,25,28)(H,27,29). The summed E-state index contributed by atoms with van der Waals surface area (Å²) >= 11 is 0. The molecule has 1 atom stereocenters. The second-order valence-corrected chi connectivity index (χ2v) is 7.62. The summed E-state index contributed by atoms with van der Waals surface area (Å²) in [5, 5.41) is 2.88. The van der Waals surface area contributed by atoms with Crippen molar-refractivity contribution in [3.05, 3.63) is 65.9 Å². The van der Waals surface area contributed by atoms with Crippen LogP contribution in [0.5, 0.6) is 17.4 Å². The van der Waals surface area contributed by atoms with Gasteiger partial charge in [-0.2, -0.15) is 0 Å². The first-order chi connectivity index (χ1) is 15.3. The second-order valence-electron chi connectivity index (χ2n) is 7.62. The molecule has 0 saturated heterocycles. The van der Waals surface area contributed by atoms with E-state index in [9.17, 15) is 9.59 Å². The number of benzene rings is 2. The first kappa shape index (κ1) is 21.2. The van der Waals surface area contributed by atoms with Crippen LogP contribution < -0.4 is 25.3 Å². The molecule has 0 saturated carbocycles. The summed E-state index contributed by atoms with van der Waals surface area (Å²) in [7, 11) is 3.08. The molecule has 0 radical (unpaired) electrons. The molecule has 8 heteroatoms. The first-order valence-electron chi connectivity index (χ1n) is 9.95. The Morgan fingerprint density at radius 1 is 1.09 bits per heavy atom. The number of primary amides is 1. The number of methoxy groups -OCH3 is 2. The molecule has 32 heavy (non-hydrogen) atoms. The summed E-state index contributed by atoms with van der Waals surface area (Å²) in [6.45, 7) is 1.72. The highest BCUT2D eigenvalue weighted by atomic mass is 16.5. The molecule has 1 aliphatic heterocycles. The number of nitrogens with zero attached hydrogens (tertiary/aromatic N) is 1. The Balaban J connectivity index is 1.61. The van der Waals surface area contributed by atoms with Crippen LogP contribution in [0.15, 0.2) is 54.7 Å². The van der Waals surface area contributed by atoms with Gasteiger partial charge in [-0.05, 0) is 48.4 Å². The molecule has 4 rings (SSSR count). The van der Waals surface area contributed by atoms with Crippen molar-refractivity contribution in [2.24, 2.45) is 5.73 Å². The minimum Gasteiger partial charge on any atom is -0.493 e. The number of hydrogen-bond acceptors (Lipinski definition) is 6. The van der Waals surface area contributed by atoms with Crippen LogP contribution in [0.3, 0.4) is 0 Å². The van der Waals surface area contributed by atoms with Gasteiger partial charge >= 0.3 is 0 Å². The van der Waals surface area contributed by atoms with E-state index in [0.717, 1.165) is 16.7 Å². The molecule has 2 aromatic carbocycles. The Morgan fingerprint density at radius 2 is 1.88 bits per heavy atom. The van der Waals surface area contributed by atoms with Crippen LogP contribution in [0.1, 0.15) is 22.8 Å². The predicted molar refractivity (Wildman–Crippen MR) is 119 cm³/mol. The number of fused-ring (bicyclic) bond motifs is 1. The Bertz CT molecular complexity index is 1210. The first-order valence-corrected chi connectivity index (χ1v) is 9.95. The molecule has 0 bridgehead atoms. The third kappa shape index (κ3) is 3.82. The largest absolute Gasteiger partial charge is 0.493 e. The SMILES string of the molecule is COc1ccc(NC(=O)C2(C)Cc3c(-c4cccc(C(N)=O)c4)ccnc3O2)cc1OC. The number of carbonyl (C=O) groups is 2. The third-order valence-electron chi connectivity index (χ3n) is 5.43. The Kier molecular flexibility index (Phi) is 5.44. The van der Waals surface area contributed by atoms with Crippen molar-refractivity contribution in [3.63, 3.8) is 0 Å². The molecule has 2 heterocycles. The number of amides is 2. The minimum absolute atomic E-state index is 0.311. The predicted octanol–water partition coefficient (Wildman–Crippen LogP) is 3.20. The zero-order chi connectivity index (χ0) is 22.9. The fraction of sp³-hybridized carbons (Fsp3) is 0.208. The zero-order valence-corrected chi connectivity index (χ0v) is 18.0. The van der Waals surface area contributed by atoms with Crippen LogP contribution in [0.25, 0.3) is 11.1 Å². The molecule has 1 unspecified atom stereocenters. The fourth-order valence-corrected chi connectivity index (χ4v) is 3.73. The minimum atomic E-state index is -1.17. The van der Waals surface area contributed by atoms with Gasteiger partial charge in [0.05, 0.1) is 14.2 Å². The number of anilines is 1. The van der Waals surface area contributed by atoms with Gasteiger partial charge in [0.25, 0.3) is 5.91 Å². The molecule has 0 aliphatic carbocycles. The van der Waals surface area contributed by atoms with Crippen molar-refractivity contribution in [1.82, 2.24) is 4.98 Å². The molecule has 0 spiro atoms. The highest BCUT2D eigenvalue weighted by molar-refractivity contribution is 5.99. The topological polar surface area (TPSA) is 113 Å². The lowest BCUT2D eigenvalue weighted by atomic mass is 9.92. The van der Waals surface area contributed by atoms with E-state index in [1.165, 1.54) is 7.11 Å². The molecule has 3 N–H and O–H groups in total. The highest BCUT2D eigenvalue weighted by Gasteiger charge is 2.44. The average molecular weight is 433 g/mol. The number of rotatable bonds is 6. The number of nitrogens with two attached hydrogens (primary N) is 1. The van der Waals surface area contributed by atoms with Crippen LogP contribution >= 0.6 is 0 Å². The Labute approximate surface area is 185 Å². The molecule has 3 aromatic rings. The van der Waals surface area contributed by atoms with E-state index >= 15 is 0 Å². The molecule has 8 nitrogen and oxygen atoms in total. The fourth-order valence-electron chi connectivity index (χ4n) is 3.73. The van der Waals surface area contributed by atoms with Gasteiger partial charge in [-0.1, -0.05) is 12.1 Å². The third-order valence-corrected chi connectivity index (χ3v) is 5.43. The van der Waals surface area contributed by atoms with Gasteiger partial charge in [-0.25, -0.2) is 4.98 Å². The van der Waals surface area contributed by atoms with Crippen molar-refractivity contribution in [1.29, 1.82) is 0 Å². The van der Waals surface area contributed by atoms with Gasteiger partial charge in [0.15, 0.2) is 17.1 Å². The monoisotopic (exact) mass is 433 g/mol. The number of carbonyl (C=O) groups excluding carboxylic acids is 2. The van der Waals surface area contributed by atoms with Gasteiger partial charge in [-0.15, -0.1) is 0 Å². The van der Waals surface area contributed by atoms with Gasteiger partial charge in [0.1, 0.15) is 0 Å². The van der Waals surface area contributed by atoms with Crippen molar-refractivity contribution in [3.8, 4) is 28.5 Å². The summed E-state index contributed by atoms with van der Waals surface area (Å²) in [5.74, 6) is 0.627. The lowest BCUT2D eigenvalue weighted by Crippen LogP contribution is -2.44. The van der Waals surface area contributed by atoms with Crippen molar-refractivity contribution in [2.45, 2.75) is 18.9 Å². The van der Waals surface area contributed by atoms with E-state index in [0.29, 0.717) is 35.1 Å². The quantitative estimate of drug-likeness (QED) is 0.617. The van der Waals surface area contributed by atoms with Crippen molar-refractivity contribution in [2.75, 3.05) is 19.5 Å². The highest BCUT2D eigenvalue weighted by Crippen LogP contribution is 2.40. The summed E-state index contributed by atoms with van der Waals surface area (Å²) in [4.78, 5) is 29.0. The van der Waals surface area contributed by atoms with E-state index in [2.05, 4.69) is 10.3 Å². The summed E-state index contributed by atoms with van der Waals surface area (Å²) in [6, 6.07) is 14.0. The molecular formula is C24H23N3O5. The average Bonchev–Trinajstić information content (AvgIpc) is 3.16. The normalized spacial score (nSPS) is 16.6. The molecule has 2 amide bonds. The number of pyridine rings is 1. The van der Waals surface area contributed by atoms with Gasteiger partial charge < -0.3 is 25.3 Å². The van der Waals surface area contributed by atoms with Gasteiger partial charge in [0.2, 0.25) is 11.8 Å². The zero-order valence-electron chi connectivity index (χ0n) is 18.0. The molecule has 1 aliphatic rings. The van der Waals surface area contributed by atoms with Gasteiger partial charge in [0, 0.05) is 35.5 Å². The summed E-state index contributed by atoms with van der Waals surface area (Å²) in [6.07, 6.45) is 1.93. The van der Waals surface area contributed by atoms with E-state index in [4.69, 9.17) is 19.9 Å². The summed E-state index contributed by atoms with van der Waals surface area (Å²) < 4.78 is 16.5. The Morgan fingerprint density at radius 3 is 2.59 bits per heavy atom.